The van der Waals surface area contributed by atoms with E-state index < -0.39 is 24.0 Å². The lowest BCUT2D eigenvalue weighted by Crippen LogP contribution is -2.41. The Kier molecular flexibility index (Phi) is 4.28. The zero-order valence-corrected chi connectivity index (χ0v) is 13.0. The van der Waals surface area contributed by atoms with Gasteiger partial charge in [-0.15, -0.1) is 0 Å². The number of nitrogens with one attached hydrogen (secondary N) is 1. The SMILES string of the molecule is C[C@H](OC(=O)c1ccc(-n2cccn2)cc1)C(=O)N1CCNC1=O. The van der Waals surface area contributed by atoms with Crippen molar-refractivity contribution in [2.45, 2.75) is 13.0 Å². The first kappa shape index (κ1) is 15.7. The molecule has 1 aromatic carbocycles. The van der Waals surface area contributed by atoms with Crippen LogP contribution in [0.5, 0.6) is 0 Å². The van der Waals surface area contributed by atoms with E-state index in [2.05, 4.69) is 10.4 Å². The molecular weight excluding hydrogens is 312 g/mol. The third-order valence-corrected chi connectivity index (χ3v) is 3.63. The monoisotopic (exact) mass is 328 g/mol. The Morgan fingerprint density at radius 1 is 1.29 bits per heavy atom. The lowest BCUT2D eigenvalue weighted by Gasteiger charge is -2.18. The van der Waals surface area contributed by atoms with Crippen molar-refractivity contribution < 1.29 is 19.1 Å². The van der Waals surface area contributed by atoms with E-state index in [9.17, 15) is 14.4 Å². The van der Waals surface area contributed by atoms with Gasteiger partial charge in [0.05, 0.1) is 11.3 Å². The van der Waals surface area contributed by atoms with Gasteiger partial charge in [-0.05, 0) is 37.3 Å². The van der Waals surface area contributed by atoms with E-state index in [1.807, 2.05) is 0 Å². The molecule has 0 radical (unpaired) electrons. The molecule has 1 aliphatic heterocycles. The van der Waals surface area contributed by atoms with Gasteiger partial charge in [0.25, 0.3) is 5.91 Å². The molecule has 0 aliphatic carbocycles. The molecule has 2 heterocycles. The topological polar surface area (TPSA) is 93.5 Å². The second kappa shape index (κ2) is 6.53. The highest BCUT2D eigenvalue weighted by Gasteiger charge is 2.31. The Hall–Kier alpha value is -3.16. The fraction of sp³-hybridized carbons (Fsp3) is 0.250. The Morgan fingerprint density at radius 3 is 2.62 bits per heavy atom. The van der Waals surface area contributed by atoms with E-state index in [-0.39, 0.29) is 6.54 Å². The van der Waals surface area contributed by atoms with Crippen LogP contribution in [0.2, 0.25) is 0 Å². The molecule has 1 saturated heterocycles. The van der Waals surface area contributed by atoms with E-state index in [1.165, 1.54) is 6.92 Å². The van der Waals surface area contributed by atoms with Gasteiger partial charge < -0.3 is 10.1 Å². The summed E-state index contributed by atoms with van der Waals surface area (Å²) in [5.74, 6) is -1.16. The predicted molar refractivity (Wildman–Crippen MR) is 83.6 cm³/mol. The number of amides is 3. The first-order valence-electron chi connectivity index (χ1n) is 7.46. The number of hydrogen-bond donors (Lipinski definition) is 1. The highest BCUT2D eigenvalue weighted by molar-refractivity contribution is 5.99. The van der Waals surface area contributed by atoms with E-state index in [0.29, 0.717) is 12.1 Å². The minimum Gasteiger partial charge on any atom is -0.449 e. The van der Waals surface area contributed by atoms with Gasteiger partial charge in [0.2, 0.25) is 0 Å². The molecule has 1 aliphatic rings. The quantitative estimate of drug-likeness (QED) is 0.844. The number of nitrogens with zero attached hydrogens (tertiary/aromatic N) is 3. The molecule has 8 nitrogen and oxygen atoms in total. The van der Waals surface area contributed by atoms with Crippen LogP contribution in [0.4, 0.5) is 4.79 Å². The largest absolute Gasteiger partial charge is 0.449 e. The minimum atomic E-state index is -1.04. The maximum Gasteiger partial charge on any atom is 0.338 e. The van der Waals surface area contributed by atoms with Gasteiger partial charge in [0.15, 0.2) is 6.10 Å². The average Bonchev–Trinajstić information content (AvgIpc) is 3.25. The summed E-state index contributed by atoms with van der Waals surface area (Å²) in [6.07, 6.45) is 2.41. The predicted octanol–water partition coefficient (Wildman–Crippen LogP) is 0.969. The molecule has 0 unspecified atom stereocenters. The first-order chi connectivity index (χ1) is 11.6. The van der Waals surface area contributed by atoms with Crippen LogP contribution >= 0.6 is 0 Å². The van der Waals surface area contributed by atoms with Gasteiger partial charge in [-0.1, -0.05) is 0 Å². The summed E-state index contributed by atoms with van der Waals surface area (Å²) >= 11 is 0. The zero-order chi connectivity index (χ0) is 17.1. The van der Waals surface area contributed by atoms with Crippen LogP contribution in [0.1, 0.15) is 17.3 Å². The number of ether oxygens (including phenoxy) is 1. The molecule has 0 saturated carbocycles. The Morgan fingerprint density at radius 2 is 2.04 bits per heavy atom. The summed E-state index contributed by atoms with van der Waals surface area (Å²) in [4.78, 5) is 36.8. The molecular formula is C16H16N4O4. The zero-order valence-electron chi connectivity index (χ0n) is 13.0. The summed E-state index contributed by atoms with van der Waals surface area (Å²) in [6, 6.07) is 7.97. The molecule has 3 rings (SSSR count). The molecule has 3 amide bonds. The van der Waals surface area contributed by atoms with Crippen molar-refractivity contribution >= 4 is 17.9 Å². The average molecular weight is 328 g/mol. The van der Waals surface area contributed by atoms with Crippen molar-refractivity contribution in [2.75, 3.05) is 13.1 Å². The van der Waals surface area contributed by atoms with Crippen LogP contribution in [0.3, 0.4) is 0 Å². The van der Waals surface area contributed by atoms with Crippen molar-refractivity contribution in [3.63, 3.8) is 0 Å². The standard InChI is InChI=1S/C16H16N4O4/c1-11(14(21)19-10-8-17-16(19)23)24-15(22)12-3-5-13(6-4-12)20-9-2-7-18-20/h2-7,9,11H,8,10H2,1H3,(H,17,23)/t11-/m0/s1. The summed E-state index contributed by atoms with van der Waals surface area (Å²) < 4.78 is 6.82. The van der Waals surface area contributed by atoms with Crippen LogP contribution in [0, 0.1) is 0 Å². The number of benzene rings is 1. The van der Waals surface area contributed by atoms with Gasteiger partial charge in [0, 0.05) is 25.5 Å². The molecule has 0 spiro atoms. The molecule has 1 fully saturated rings. The van der Waals surface area contributed by atoms with Crippen molar-refractivity contribution in [3.8, 4) is 5.69 Å². The molecule has 24 heavy (non-hydrogen) atoms. The maximum atomic E-state index is 12.1. The lowest BCUT2D eigenvalue weighted by molar-refractivity contribution is -0.136. The summed E-state index contributed by atoms with van der Waals surface area (Å²) in [6.45, 7) is 2.13. The first-order valence-corrected chi connectivity index (χ1v) is 7.46. The van der Waals surface area contributed by atoms with Crippen LogP contribution < -0.4 is 5.32 Å². The number of aromatic nitrogens is 2. The molecule has 0 bridgehead atoms. The number of imide groups is 1. The van der Waals surface area contributed by atoms with Crippen molar-refractivity contribution in [2.24, 2.45) is 0 Å². The third-order valence-electron chi connectivity index (χ3n) is 3.63. The fourth-order valence-corrected chi connectivity index (χ4v) is 2.35. The van der Waals surface area contributed by atoms with E-state index in [0.717, 1.165) is 10.6 Å². The lowest BCUT2D eigenvalue weighted by atomic mass is 10.2. The van der Waals surface area contributed by atoms with Crippen LogP contribution in [-0.4, -0.2) is 51.8 Å². The van der Waals surface area contributed by atoms with Crippen molar-refractivity contribution in [1.82, 2.24) is 20.0 Å². The summed E-state index contributed by atoms with van der Waals surface area (Å²) in [5.41, 5.74) is 1.12. The maximum absolute atomic E-state index is 12.1. The van der Waals surface area contributed by atoms with Gasteiger partial charge in [-0.3, -0.25) is 9.69 Å². The molecule has 1 N–H and O–H groups in total. The number of rotatable bonds is 4. The summed E-state index contributed by atoms with van der Waals surface area (Å²) in [5, 5.41) is 6.62. The Labute approximate surface area is 138 Å². The Balaban J connectivity index is 1.64. The summed E-state index contributed by atoms with van der Waals surface area (Å²) in [7, 11) is 0. The smallest absolute Gasteiger partial charge is 0.338 e. The second-order valence-corrected chi connectivity index (χ2v) is 5.27. The molecule has 1 atom stereocenters. The van der Waals surface area contributed by atoms with Crippen molar-refractivity contribution in [3.05, 3.63) is 48.3 Å². The Bertz CT molecular complexity index is 755. The molecule has 124 valence electrons. The molecule has 2 aromatic rings. The number of hydrogen-bond acceptors (Lipinski definition) is 5. The van der Waals surface area contributed by atoms with Gasteiger partial charge in [0.1, 0.15) is 0 Å². The van der Waals surface area contributed by atoms with Crippen LogP contribution in [0.15, 0.2) is 42.7 Å². The normalized spacial score (nSPS) is 15.0. The number of urea groups is 1. The highest BCUT2D eigenvalue weighted by atomic mass is 16.5. The molecule has 1 aromatic heterocycles. The molecule has 8 heteroatoms. The second-order valence-electron chi connectivity index (χ2n) is 5.27. The third kappa shape index (κ3) is 3.12. The number of carbonyl (C=O) groups excluding carboxylic acids is 3. The number of carbonyl (C=O) groups is 3. The number of esters is 1. The van der Waals surface area contributed by atoms with E-state index in [4.69, 9.17) is 4.74 Å². The van der Waals surface area contributed by atoms with Gasteiger partial charge in [-0.25, -0.2) is 14.3 Å². The van der Waals surface area contributed by atoms with Crippen LogP contribution in [-0.2, 0) is 9.53 Å². The van der Waals surface area contributed by atoms with E-state index >= 15 is 0 Å². The van der Waals surface area contributed by atoms with Gasteiger partial charge in [-0.2, -0.15) is 5.10 Å². The van der Waals surface area contributed by atoms with Crippen molar-refractivity contribution in [1.29, 1.82) is 0 Å². The van der Waals surface area contributed by atoms with E-state index in [1.54, 1.807) is 47.4 Å². The van der Waals surface area contributed by atoms with Crippen LogP contribution in [0.25, 0.3) is 5.69 Å². The minimum absolute atomic E-state index is 0.276. The highest BCUT2D eigenvalue weighted by Crippen LogP contribution is 2.12. The fourth-order valence-electron chi connectivity index (χ4n) is 2.35. The van der Waals surface area contributed by atoms with Gasteiger partial charge >= 0.3 is 12.0 Å².